The van der Waals surface area contributed by atoms with Gasteiger partial charge in [-0.05, 0) is 40.5 Å². The van der Waals surface area contributed by atoms with E-state index in [9.17, 15) is 4.79 Å². The van der Waals surface area contributed by atoms with Gasteiger partial charge in [0.1, 0.15) is 0 Å². The molecule has 0 spiro atoms. The molecule has 1 amide bonds. The van der Waals surface area contributed by atoms with Crippen LogP contribution >= 0.6 is 15.9 Å². The zero-order valence-corrected chi connectivity index (χ0v) is 12.1. The van der Waals surface area contributed by atoms with E-state index in [0.717, 1.165) is 16.6 Å². The topological polar surface area (TPSA) is 56.1 Å². The van der Waals surface area contributed by atoms with Gasteiger partial charge < -0.3 is 10.2 Å². The standard InChI is InChI=1S/C13H16BrN3O/c1-3-6-16-13(18)9-17(2)12-5-4-10(8-15)7-11(12)14/h4-5,7H,3,6,9H2,1-2H3,(H,16,18). The Bertz CT molecular complexity index is 468. The maximum Gasteiger partial charge on any atom is 0.239 e. The third-order valence-electron chi connectivity index (χ3n) is 2.44. The Kier molecular flexibility index (Phi) is 5.66. The molecule has 1 aromatic rings. The molecule has 0 aliphatic rings. The molecule has 0 saturated carbocycles. The summed E-state index contributed by atoms with van der Waals surface area (Å²) in [6.45, 7) is 3.01. The van der Waals surface area contributed by atoms with Crippen molar-refractivity contribution < 1.29 is 4.79 Å². The van der Waals surface area contributed by atoms with Crippen molar-refractivity contribution in [3.63, 3.8) is 0 Å². The molecule has 0 fully saturated rings. The summed E-state index contributed by atoms with van der Waals surface area (Å²) in [5, 5.41) is 11.6. The van der Waals surface area contributed by atoms with Gasteiger partial charge in [0.25, 0.3) is 0 Å². The maximum atomic E-state index is 11.6. The predicted octanol–water partition coefficient (Wildman–Crippen LogP) is 2.28. The summed E-state index contributed by atoms with van der Waals surface area (Å²) in [6, 6.07) is 7.39. The van der Waals surface area contributed by atoms with E-state index in [1.54, 1.807) is 12.1 Å². The number of rotatable bonds is 5. The molecule has 0 aliphatic carbocycles. The molecule has 18 heavy (non-hydrogen) atoms. The smallest absolute Gasteiger partial charge is 0.239 e. The number of anilines is 1. The van der Waals surface area contributed by atoms with E-state index in [-0.39, 0.29) is 5.91 Å². The van der Waals surface area contributed by atoms with Crippen LogP contribution in [0, 0.1) is 11.3 Å². The van der Waals surface area contributed by atoms with Gasteiger partial charge in [0.15, 0.2) is 0 Å². The first-order valence-corrected chi connectivity index (χ1v) is 6.55. The van der Waals surface area contributed by atoms with E-state index in [1.165, 1.54) is 0 Å². The van der Waals surface area contributed by atoms with Crippen LogP contribution in [0.15, 0.2) is 22.7 Å². The molecule has 0 bridgehead atoms. The third kappa shape index (κ3) is 4.04. The van der Waals surface area contributed by atoms with Crippen LogP contribution in [0.3, 0.4) is 0 Å². The fourth-order valence-corrected chi connectivity index (χ4v) is 2.19. The van der Waals surface area contributed by atoms with E-state index in [1.807, 2.05) is 24.9 Å². The number of nitrogens with zero attached hydrogens (tertiary/aromatic N) is 2. The highest BCUT2D eigenvalue weighted by Crippen LogP contribution is 2.26. The van der Waals surface area contributed by atoms with E-state index in [0.29, 0.717) is 18.7 Å². The Morgan fingerprint density at radius 3 is 2.83 bits per heavy atom. The number of amides is 1. The van der Waals surface area contributed by atoms with Crippen LogP contribution in [0.2, 0.25) is 0 Å². The second-order valence-electron chi connectivity index (χ2n) is 3.98. The zero-order valence-electron chi connectivity index (χ0n) is 10.5. The Morgan fingerprint density at radius 1 is 1.56 bits per heavy atom. The van der Waals surface area contributed by atoms with Crippen molar-refractivity contribution in [1.29, 1.82) is 5.26 Å². The Balaban J connectivity index is 2.70. The molecular formula is C13H16BrN3O. The Morgan fingerprint density at radius 2 is 2.28 bits per heavy atom. The van der Waals surface area contributed by atoms with E-state index < -0.39 is 0 Å². The quantitative estimate of drug-likeness (QED) is 0.908. The van der Waals surface area contributed by atoms with Crippen molar-refractivity contribution in [2.45, 2.75) is 13.3 Å². The molecular weight excluding hydrogens is 294 g/mol. The van der Waals surface area contributed by atoms with Gasteiger partial charge in [0, 0.05) is 18.1 Å². The van der Waals surface area contributed by atoms with Crippen molar-refractivity contribution in [1.82, 2.24) is 5.32 Å². The van der Waals surface area contributed by atoms with Gasteiger partial charge in [-0.3, -0.25) is 4.79 Å². The number of nitrogens with one attached hydrogen (secondary N) is 1. The van der Waals surface area contributed by atoms with Crippen LogP contribution in [0.1, 0.15) is 18.9 Å². The van der Waals surface area contributed by atoms with Gasteiger partial charge >= 0.3 is 0 Å². The molecule has 1 N–H and O–H groups in total. The highest BCUT2D eigenvalue weighted by atomic mass is 79.9. The Hall–Kier alpha value is -1.54. The summed E-state index contributed by atoms with van der Waals surface area (Å²) < 4.78 is 0.812. The molecule has 1 rings (SSSR count). The molecule has 5 heteroatoms. The first-order valence-electron chi connectivity index (χ1n) is 5.76. The van der Waals surface area contributed by atoms with Crippen molar-refractivity contribution in [2.24, 2.45) is 0 Å². The van der Waals surface area contributed by atoms with Crippen LogP contribution in [0.25, 0.3) is 0 Å². The molecule has 0 aliphatic heterocycles. The minimum atomic E-state index is -0.00407. The molecule has 0 atom stereocenters. The summed E-state index contributed by atoms with van der Waals surface area (Å²) in [4.78, 5) is 13.4. The van der Waals surface area contributed by atoms with E-state index >= 15 is 0 Å². The second-order valence-corrected chi connectivity index (χ2v) is 4.84. The van der Waals surface area contributed by atoms with Crippen molar-refractivity contribution in [3.05, 3.63) is 28.2 Å². The lowest BCUT2D eigenvalue weighted by Gasteiger charge is -2.20. The highest BCUT2D eigenvalue weighted by Gasteiger charge is 2.10. The summed E-state index contributed by atoms with van der Waals surface area (Å²) in [6.07, 6.45) is 0.927. The van der Waals surface area contributed by atoms with Crippen molar-refractivity contribution in [3.8, 4) is 6.07 Å². The van der Waals surface area contributed by atoms with E-state index in [4.69, 9.17) is 5.26 Å². The van der Waals surface area contributed by atoms with Crippen LogP contribution in [-0.4, -0.2) is 26.0 Å². The SMILES string of the molecule is CCCNC(=O)CN(C)c1ccc(C#N)cc1Br. The molecule has 4 nitrogen and oxygen atoms in total. The summed E-state index contributed by atoms with van der Waals surface area (Å²) in [5.41, 5.74) is 1.48. The van der Waals surface area contributed by atoms with Gasteiger partial charge in [-0.15, -0.1) is 0 Å². The van der Waals surface area contributed by atoms with Crippen molar-refractivity contribution >= 4 is 27.5 Å². The fourth-order valence-electron chi connectivity index (χ4n) is 1.51. The summed E-state index contributed by atoms with van der Waals surface area (Å²) in [7, 11) is 1.84. The van der Waals surface area contributed by atoms with Crippen molar-refractivity contribution in [2.75, 3.05) is 25.0 Å². The molecule has 0 aromatic heterocycles. The van der Waals surface area contributed by atoms with Gasteiger partial charge in [-0.1, -0.05) is 6.92 Å². The monoisotopic (exact) mass is 309 g/mol. The average Bonchev–Trinajstić information content (AvgIpc) is 2.35. The number of halogens is 1. The lowest BCUT2D eigenvalue weighted by molar-refractivity contribution is -0.119. The molecule has 0 radical (unpaired) electrons. The average molecular weight is 310 g/mol. The Labute approximate surface area is 116 Å². The van der Waals surface area contributed by atoms with Crippen LogP contribution in [0.4, 0.5) is 5.69 Å². The first kappa shape index (κ1) is 14.5. The number of carbonyl (C=O) groups excluding carboxylic acids is 1. The second kappa shape index (κ2) is 7.02. The number of nitriles is 1. The van der Waals surface area contributed by atoms with Crippen LogP contribution < -0.4 is 10.2 Å². The lowest BCUT2D eigenvalue weighted by atomic mass is 10.2. The molecule has 0 saturated heterocycles. The minimum Gasteiger partial charge on any atom is -0.364 e. The summed E-state index contributed by atoms with van der Waals surface area (Å²) >= 11 is 3.41. The number of benzene rings is 1. The van der Waals surface area contributed by atoms with E-state index in [2.05, 4.69) is 27.3 Å². The lowest BCUT2D eigenvalue weighted by Crippen LogP contribution is -2.35. The summed E-state index contributed by atoms with van der Waals surface area (Å²) in [5.74, 6) is -0.00407. The molecule has 1 aromatic carbocycles. The van der Waals surface area contributed by atoms with Gasteiger partial charge in [-0.25, -0.2) is 0 Å². The first-order chi connectivity index (χ1) is 8.58. The largest absolute Gasteiger partial charge is 0.364 e. The number of hydrogen-bond donors (Lipinski definition) is 1. The minimum absolute atomic E-state index is 0.00407. The number of hydrogen-bond acceptors (Lipinski definition) is 3. The maximum absolute atomic E-state index is 11.6. The predicted molar refractivity (Wildman–Crippen MR) is 75.4 cm³/mol. The molecule has 0 heterocycles. The zero-order chi connectivity index (χ0) is 13.5. The molecule has 0 unspecified atom stereocenters. The normalized spacial score (nSPS) is 9.67. The van der Waals surface area contributed by atoms with Gasteiger partial charge in [-0.2, -0.15) is 5.26 Å². The van der Waals surface area contributed by atoms with Crippen LogP contribution in [-0.2, 0) is 4.79 Å². The molecule has 96 valence electrons. The number of carbonyl (C=O) groups is 1. The number of likely N-dealkylation sites (N-methyl/N-ethyl adjacent to an activating group) is 1. The highest BCUT2D eigenvalue weighted by molar-refractivity contribution is 9.10. The van der Waals surface area contributed by atoms with Gasteiger partial charge in [0.05, 0.1) is 23.9 Å². The van der Waals surface area contributed by atoms with Crippen LogP contribution in [0.5, 0.6) is 0 Å². The van der Waals surface area contributed by atoms with Gasteiger partial charge in [0.2, 0.25) is 5.91 Å². The fraction of sp³-hybridized carbons (Fsp3) is 0.385. The third-order valence-corrected chi connectivity index (χ3v) is 3.08.